The number of rotatable bonds is 7. The molecule has 168 valence electrons. The third-order valence-electron chi connectivity index (χ3n) is 6.01. The minimum Gasteiger partial charge on any atom is -0.496 e. The summed E-state index contributed by atoms with van der Waals surface area (Å²) in [6.45, 7) is 2.69. The van der Waals surface area contributed by atoms with E-state index in [1.54, 1.807) is 13.3 Å². The Morgan fingerprint density at radius 1 is 1.22 bits per heavy atom. The van der Waals surface area contributed by atoms with Gasteiger partial charge in [0, 0.05) is 16.9 Å². The van der Waals surface area contributed by atoms with Crippen LogP contribution in [-0.2, 0) is 4.74 Å². The predicted molar refractivity (Wildman–Crippen MR) is 115 cm³/mol. The zero-order chi connectivity index (χ0) is 22.6. The Bertz CT molecular complexity index is 1290. The molecule has 1 unspecified atom stereocenters. The highest BCUT2D eigenvalue weighted by molar-refractivity contribution is 6.05. The molecular formula is C23H24F2N4O3. The van der Waals surface area contributed by atoms with Crippen LogP contribution in [0.4, 0.5) is 8.78 Å². The maximum Gasteiger partial charge on any atom is 0.345 e. The first-order valence-corrected chi connectivity index (χ1v) is 10.6. The highest BCUT2D eigenvalue weighted by atomic mass is 19.3. The second-order valence-electron chi connectivity index (χ2n) is 8.32. The van der Waals surface area contributed by atoms with Gasteiger partial charge in [0.1, 0.15) is 22.9 Å². The minimum absolute atomic E-state index is 0.110. The number of alkyl halides is 2. The summed E-state index contributed by atoms with van der Waals surface area (Å²) in [5.74, 6) is 2.57. The van der Waals surface area contributed by atoms with E-state index >= 15 is 0 Å². The smallest absolute Gasteiger partial charge is 0.345 e. The number of hydrogen-bond donors (Lipinski definition) is 0. The number of imidazole rings is 1. The lowest BCUT2D eigenvalue weighted by Gasteiger charge is -2.19. The second kappa shape index (κ2) is 7.81. The van der Waals surface area contributed by atoms with Gasteiger partial charge in [0.05, 0.1) is 48.2 Å². The van der Waals surface area contributed by atoms with E-state index in [0.29, 0.717) is 17.4 Å². The van der Waals surface area contributed by atoms with Crippen LogP contribution in [0.2, 0.25) is 0 Å². The fourth-order valence-corrected chi connectivity index (χ4v) is 4.42. The number of fused-ring (bicyclic) bond motifs is 3. The molecule has 0 amide bonds. The normalized spacial score (nSPS) is 15.2. The number of pyridine rings is 1. The van der Waals surface area contributed by atoms with Crippen LogP contribution in [0.3, 0.4) is 0 Å². The Morgan fingerprint density at radius 3 is 2.62 bits per heavy atom. The number of halogens is 2. The van der Waals surface area contributed by atoms with Gasteiger partial charge in [-0.05, 0) is 45.7 Å². The highest BCUT2D eigenvalue weighted by Crippen LogP contribution is 2.44. The van der Waals surface area contributed by atoms with Crippen molar-refractivity contribution in [1.29, 1.82) is 0 Å². The lowest BCUT2D eigenvalue weighted by Crippen LogP contribution is -2.16. The Labute approximate surface area is 183 Å². The number of aromatic nitrogens is 4. The number of methoxy groups -OCH3 is 1. The lowest BCUT2D eigenvalue weighted by atomic mass is 10.0. The first kappa shape index (κ1) is 20.8. The monoisotopic (exact) mass is 442 g/mol. The summed E-state index contributed by atoms with van der Waals surface area (Å²) < 4.78 is 43.2. The summed E-state index contributed by atoms with van der Waals surface area (Å²) in [6.07, 6.45) is 3.82. The molecule has 1 saturated carbocycles. The minimum atomic E-state index is -2.81. The van der Waals surface area contributed by atoms with Crippen LogP contribution in [0, 0.1) is 13.8 Å². The third-order valence-corrected chi connectivity index (χ3v) is 6.01. The molecule has 1 aliphatic rings. The van der Waals surface area contributed by atoms with Crippen molar-refractivity contribution >= 4 is 21.9 Å². The van der Waals surface area contributed by atoms with E-state index in [2.05, 4.69) is 14.9 Å². The van der Waals surface area contributed by atoms with Crippen LogP contribution in [0.15, 0.2) is 22.9 Å². The number of aryl methyl sites for hydroxylation is 2. The van der Waals surface area contributed by atoms with Gasteiger partial charge in [0.2, 0.25) is 0 Å². The molecule has 7 nitrogen and oxygen atoms in total. The van der Waals surface area contributed by atoms with Gasteiger partial charge in [-0.15, -0.1) is 0 Å². The molecule has 0 saturated heterocycles. The number of hydrogen-bond acceptors (Lipinski definition) is 6. The largest absolute Gasteiger partial charge is 0.496 e. The van der Waals surface area contributed by atoms with E-state index in [4.69, 9.17) is 14.2 Å². The molecule has 9 heteroatoms. The summed E-state index contributed by atoms with van der Waals surface area (Å²) >= 11 is 0. The van der Waals surface area contributed by atoms with Crippen molar-refractivity contribution in [3.8, 4) is 16.9 Å². The fraction of sp³-hybridized carbons (Fsp3) is 0.435. The number of nitrogens with zero attached hydrogens (tertiary/aromatic N) is 4. The molecule has 0 N–H and O–H groups in total. The van der Waals surface area contributed by atoms with E-state index in [9.17, 15) is 8.78 Å². The molecule has 3 aromatic heterocycles. The van der Waals surface area contributed by atoms with E-state index in [1.807, 2.05) is 37.5 Å². The van der Waals surface area contributed by atoms with Crippen molar-refractivity contribution in [2.24, 2.45) is 0 Å². The maximum atomic E-state index is 12.7. The maximum absolute atomic E-state index is 12.7. The number of ether oxygens (including phenoxy) is 2. The molecule has 1 aliphatic carbocycles. The quantitative estimate of drug-likeness (QED) is 0.374. The Balaban J connectivity index is 1.75. The van der Waals surface area contributed by atoms with Gasteiger partial charge in [-0.1, -0.05) is 5.16 Å². The van der Waals surface area contributed by atoms with E-state index < -0.39 is 6.61 Å². The molecule has 1 atom stereocenters. The Hall–Kier alpha value is -3.07. The van der Waals surface area contributed by atoms with Gasteiger partial charge in [-0.2, -0.15) is 8.78 Å². The van der Waals surface area contributed by atoms with Gasteiger partial charge < -0.3 is 18.6 Å². The molecule has 1 aromatic carbocycles. The molecular weight excluding hydrogens is 418 g/mol. The van der Waals surface area contributed by atoms with Crippen molar-refractivity contribution < 1.29 is 22.8 Å². The van der Waals surface area contributed by atoms with Crippen LogP contribution in [0.25, 0.3) is 33.1 Å². The molecule has 4 aromatic rings. The molecule has 0 spiro atoms. The van der Waals surface area contributed by atoms with Crippen LogP contribution >= 0.6 is 0 Å². The zero-order valence-corrected chi connectivity index (χ0v) is 18.4. The summed E-state index contributed by atoms with van der Waals surface area (Å²) in [5, 5.41) is 4.90. The number of benzene rings is 1. The predicted octanol–water partition coefficient (Wildman–Crippen LogP) is 5.54. The van der Waals surface area contributed by atoms with Gasteiger partial charge in [-0.3, -0.25) is 4.98 Å². The second-order valence-corrected chi connectivity index (χ2v) is 8.32. The topological polar surface area (TPSA) is 75.2 Å². The van der Waals surface area contributed by atoms with Crippen molar-refractivity contribution in [2.45, 2.75) is 52.2 Å². The van der Waals surface area contributed by atoms with Gasteiger partial charge in [0.25, 0.3) is 0 Å². The van der Waals surface area contributed by atoms with Crippen molar-refractivity contribution in [3.05, 3.63) is 35.6 Å². The molecule has 1 fully saturated rings. The fourth-order valence-electron chi connectivity index (χ4n) is 4.42. The van der Waals surface area contributed by atoms with Gasteiger partial charge >= 0.3 is 6.61 Å². The van der Waals surface area contributed by atoms with Crippen LogP contribution < -0.4 is 4.74 Å². The molecule has 0 bridgehead atoms. The van der Waals surface area contributed by atoms with Crippen LogP contribution in [-0.4, -0.2) is 40.0 Å². The average Bonchev–Trinajstić information content (AvgIpc) is 3.46. The summed E-state index contributed by atoms with van der Waals surface area (Å²) in [4.78, 5) is 9.47. The van der Waals surface area contributed by atoms with Crippen molar-refractivity contribution in [3.63, 3.8) is 0 Å². The van der Waals surface area contributed by atoms with E-state index in [-0.39, 0.29) is 12.6 Å². The summed E-state index contributed by atoms with van der Waals surface area (Å²) in [5.41, 5.74) is 4.81. The zero-order valence-electron chi connectivity index (χ0n) is 18.4. The van der Waals surface area contributed by atoms with Crippen molar-refractivity contribution in [2.75, 3.05) is 13.7 Å². The van der Waals surface area contributed by atoms with Gasteiger partial charge in [0.15, 0.2) is 0 Å². The third kappa shape index (κ3) is 3.40. The van der Waals surface area contributed by atoms with Crippen LogP contribution in [0.1, 0.15) is 49.0 Å². The molecule has 32 heavy (non-hydrogen) atoms. The average molecular weight is 442 g/mol. The van der Waals surface area contributed by atoms with Crippen LogP contribution in [0.5, 0.6) is 5.75 Å². The first-order valence-electron chi connectivity index (χ1n) is 10.6. The lowest BCUT2D eigenvalue weighted by molar-refractivity contribution is -0.135. The highest BCUT2D eigenvalue weighted by Gasteiger charge is 2.32. The standard InChI is InChI=1S/C23H24F2N4O3/c1-11(10-31-23(24)25)29-21-15-8-19(30-4)16(20-12(2)28-32-13(20)3)7-17(15)26-9-18(21)27-22(29)14-5-6-14/h7-9,11,14,23H,5-6,10H2,1-4H3. The van der Waals surface area contributed by atoms with E-state index in [1.165, 1.54) is 0 Å². The summed E-state index contributed by atoms with van der Waals surface area (Å²) in [7, 11) is 1.61. The van der Waals surface area contributed by atoms with Crippen molar-refractivity contribution in [1.82, 2.24) is 19.7 Å². The molecule has 0 aliphatic heterocycles. The Morgan fingerprint density at radius 2 is 2.00 bits per heavy atom. The summed E-state index contributed by atoms with van der Waals surface area (Å²) in [6, 6.07) is 3.57. The Kier molecular flexibility index (Phi) is 5.08. The van der Waals surface area contributed by atoms with E-state index in [0.717, 1.165) is 57.4 Å². The first-order chi connectivity index (χ1) is 15.4. The van der Waals surface area contributed by atoms with Gasteiger partial charge in [-0.25, -0.2) is 4.98 Å². The molecule has 3 heterocycles. The molecule has 5 rings (SSSR count). The SMILES string of the molecule is COc1cc2c(cc1-c1c(C)noc1C)ncc1nc(C3CC3)n(C(C)COC(F)F)c12. The molecule has 0 radical (unpaired) electrons.